The molecule has 284 valence electrons. The number of hydrogen-bond acceptors (Lipinski definition) is 13. The lowest BCUT2D eigenvalue weighted by molar-refractivity contribution is -0.164. The summed E-state index contributed by atoms with van der Waals surface area (Å²) in [4.78, 5) is 71.6. The van der Waals surface area contributed by atoms with Crippen molar-refractivity contribution in [2.24, 2.45) is 0 Å². The first-order valence-corrected chi connectivity index (χ1v) is 17.2. The molecule has 0 spiro atoms. The lowest BCUT2D eigenvalue weighted by atomic mass is 10.1. The van der Waals surface area contributed by atoms with Gasteiger partial charge in [-0.2, -0.15) is 0 Å². The van der Waals surface area contributed by atoms with Crippen LogP contribution in [0.4, 0.5) is 0 Å². The molecule has 0 aromatic heterocycles. The van der Waals surface area contributed by atoms with Gasteiger partial charge in [-0.05, 0) is 89.5 Å². The smallest absolute Gasteiger partial charge is 0.323 e. The van der Waals surface area contributed by atoms with Gasteiger partial charge in [-0.1, -0.05) is 0 Å². The van der Waals surface area contributed by atoms with Gasteiger partial charge in [0.15, 0.2) is 0 Å². The number of hydrogen-bond donors (Lipinski definition) is 1. The predicted octanol–water partition coefficient (Wildman–Crippen LogP) is 2.81. The first kappa shape index (κ1) is 44.2. The minimum absolute atomic E-state index is 0.0227. The van der Waals surface area contributed by atoms with E-state index in [0.717, 1.165) is 0 Å². The number of carbonyl (C=O) groups is 5. The Morgan fingerprint density at radius 2 is 0.837 bits per heavy atom. The van der Waals surface area contributed by atoms with Crippen molar-refractivity contribution in [1.82, 2.24) is 19.6 Å². The van der Waals surface area contributed by atoms with Crippen LogP contribution in [0.2, 0.25) is 0 Å². The number of aliphatic carboxylic acids is 1. The molecule has 1 unspecified atom stereocenters. The van der Waals surface area contributed by atoms with Crippen molar-refractivity contribution in [3.05, 3.63) is 0 Å². The van der Waals surface area contributed by atoms with Gasteiger partial charge in [0.1, 0.15) is 28.4 Å². The first-order valence-electron chi connectivity index (χ1n) is 17.2. The van der Waals surface area contributed by atoms with Gasteiger partial charge >= 0.3 is 29.8 Å². The summed E-state index contributed by atoms with van der Waals surface area (Å²) < 4.78 is 22.5. The summed E-state index contributed by atoms with van der Waals surface area (Å²) in [6, 6.07) is -0.829. The molecular formula is C35H64N4O10. The van der Waals surface area contributed by atoms with Crippen molar-refractivity contribution in [1.29, 1.82) is 0 Å². The number of rotatable bonds is 11. The highest BCUT2D eigenvalue weighted by Crippen LogP contribution is 2.18. The molecule has 0 saturated carbocycles. The third-order valence-corrected chi connectivity index (χ3v) is 6.94. The van der Waals surface area contributed by atoms with E-state index in [0.29, 0.717) is 52.4 Å². The van der Waals surface area contributed by atoms with Crippen molar-refractivity contribution in [2.75, 3.05) is 72.0 Å². The summed E-state index contributed by atoms with van der Waals surface area (Å²) in [6.07, 6.45) is 0.111. The number of carboxylic acid groups (broad SMARTS) is 1. The number of carbonyl (C=O) groups excluding carboxylic acids is 4. The second-order valence-electron chi connectivity index (χ2n) is 16.6. The van der Waals surface area contributed by atoms with Gasteiger partial charge in [0.05, 0.1) is 19.6 Å². The van der Waals surface area contributed by atoms with E-state index >= 15 is 0 Å². The monoisotopic (exact) mass is 700 g/mol. The highest BCUT2D eigenvalue weighted by molar-refractivity contribution is 5.78. The number of esters is 4. The Balaban J connectivity index is 3.50. The van der Waals surface area contributed by atoms with E-state index in [4.69, 9.17) is 18.9 Å². The van der Waals surface area contributed by atoms with Gasteiger partial charge in [0.25, 0.3) is 0 Å². The number of carboxylic acids is 1. The molecule has 0 amide bonds. The Morgan fingerprint density at radius 3 is 1.18 bits per heavy atom. The number of ether oxygens (including phenoxy) is 4. The average Bonchev–Trinajstić information content (AvgIpc) is 2.85. The molecule has 0 radical (unpaired) electrons. The minimum Gasteiger partial charge on any atom is -0.480 e. The molecule has 1 fully saturated rings. The number of nitrogens with zero attached hydrogens (tertiary/aromatic N) is 4. The minimum atomic E-state index is -0.985. The molecule has 0 aromatic rings. The zero-order valence-corrected chi connectivity index (χ0v) is 32.2. The second-order valence-corrected chi connectivity index (χ2v) is 16.6. The van der Waals surface area contributed by atoms with E-state index in [2.05, 4.69) is 0 Å². The van der Waals surface area contributed by atoms with Crippen LogP contribution in [-0.4, -0.2) is 155 Å². The SMILES string of the molecule is CC(C)(C)OC(=O)CCC(C(=O)OC(C)(C)C)N1CCN(CC(=O)OC(C)(C)C)CCN(CC(=O)O)CCN(CC(=O)OC(C)(C)C)CC1. The molecule has 0 aromatic carbocycles. The van der Waals surface area contributed by atoms with E-state index in [-0.39, 0.29) is 32.5 Å². The standard InChI is InChI=1S/C35H64N4O10/c1-32(2,3)46-28(42)14-13-26(31(45)49-35(10,11)12)39-21-19-37(24-29(43)47-33(4,5)6)17-15-36(23-27(40)41)16-18-38(20-22-39)25-30(44)48-34(7,8)9/h26H,13-25H2,1-12H3,(H,40,41). The molecule has 1 atom stereocenters. The fourth-order valence-electron chi connectivity index (χ4n) is 5.11. The van der Waals surface area contributed by atoms with Crippen molar-refractivity contribution in [2.45, 2.75) is 124 Å². The summed E-state index contributed by atoms with van der Waals surface area (Å²) in [6.45, 7) is 23.8. The highest BCUT2D eigenvalue weighted by atomic mass is 16.6. The molecule has 1 aliphatic heterocycles. The lowest BCUT2D eigenvalue weighted by Crippen LogP contribution is -2.53. The zero-order chi connectivity index (χ0) is 37.8. The maximum atomic E-state index is 13.8. The summed E-state index contributed by atoms with van der Waals surface area (Å²) in [5.41, 5.74) is -2.85. The van der Waals surface area contributed by atoms with Crippen LogP contribution in [-0.2, 0) is 42.9 Å². The maximum Gasteiger partial charge on any atom is 0.323 e. The molecule has 49 heavy (non-hydrogen) atoms. The summed E-state index contributed by atoms with van der Waals surface area (Å²) in [7, 11) is 0. The van der Waals surface area contributed by atoms with Gasteiger partial charge in [-0.15, -0.1) is 0 Å². The fourth-order valence-corrected chi connectivity index (χ4v) is 5.11. The molecule has 0 aliphatic carbocycles. The summed E-state index contributed by atoms with van der Waals surface area (Å²) >= 11 is 0. The summed E-state index contributed by atoms with van der Waals surface area (Å²) in [5.74, 6) is -2.76. The van der Waals surface area contributed by atoms with Crippen molar-refractivity contribution in [3.8, 4) is 0 Å². The highest BCUT2D eigenvalue weighted by Gasteiger charge is 2.33. The van der Waals surface area contributed by atoms with Crippen LogP contribution in [0.25, 0.3) is 0 Å². The third-order valence-electron chi connectivity index (χ3n) is 6.94. The molecule has 1 N–H and O–H groups in total. The molecular weight excluding hydrogens is 636 g/mol. The lowest BCUT2D eigenvalue weighted by Gasteiger charge is -2.37. The zero-order valence-electron chi connectivity index (χ0n) is 32.2. The quantitative estimate of drug-likeness (QED) is 0.248. The van der Waals surface area contributed by atoms with Gasteiger partial charge in [0, 0.05) is 58.8 Å². The molecule has 0 bridgehead atoms. The molecule has 14 nitrogen and oxygen atoms in total. The Morgan fingerprint density at radius 1 is 0.510 bits per heavy atom. The molecule has 1 saturated heterocycles. The van der Waals surface area contributed by atoms with Gasteiger partial charge < -0.3 is 24.1 Å². The van der Waals surface area contributed by atoms with E-state index in [1.54, 1.807) is 88.0 Å². The average molecular weight is 701 g/mol. The van der Waals surface area contributed by atoms with E-state index < -0.39 is 58.3 Å². The molecule has 14 heteroatoms. The second kappa shape index (κ2) is 19.0. The predicted molar refractivity (Wildman–Crippen MR) is 185 cm³/mol. The Kier molecular flexibility index (Phi) is 17.1. The van der Waals surface area contributed by atoms with Crippen LogP contribution < -0.4 is 0 Å². The molecule has 1 rings (SSSR count). The normalized spacial score (nSPS) is 18.0. The largest absolute Gasteiger partial charge is 0.480 e. The van der Waals surface area contributed by atoms with Gasteiger partial charge in [-0.3, -0.25) is 43.6 Å². The maximum absolute atomic E-state index is 13.8. The van der Waals surface area contributed by atoms with Crippen molar-refractivity contribution in [3.63, 3.8) is 0 Å². The van der Waals surface area contributed by atoms with Crippen LogP contribution in [0.5, 0.6) is 0 Å². The van der Waals surface area contributed by atoms with Gasteiger partial charge in [0.2, 0.25) is 0 Å². The van der Waals surface area contributed by atoms with E-state index in [9.17, 15) is 29.1 Å². The van der Waals surface area contributed by atoms with Crippen molar-refractivity contribution >= 4 is 29.8 Å². The van der Waals surface area contributed by atoms with Crippen molar-refractivity contribution < 1.29 is 48.0 Å². The summed E-state index contributed by atoms with van der Waals surface area (Å²) in [5, 5.41) is 9.61. The molecule has 1 aliphatic rings. The fraction of sp³-hybridized carbons (Fsp3) is 0.857. The van der Waals surface area contributed by atoms with Crippen LogP contribution in [0.3, 0.4) is 0 Å². The van der Waals surface area contributed by atoms with E-state index in [1.165, 1.54) is 0 Å². The van der Waals surface area contributed by atoms with Gasteiger partial charge in [-0.25, -0.2) is 0 Å². The Labute approximate surface area is 293 Å². The Hall–Kier alpha value is -2.81. The Bertz CT molecular complexity index is 1060. The van der Waals surface area contributed by atoms with E-state index in [1.807, 2.05) is 14.7 Å². The van der Waals surface area contributed by atoms with Crippen LogP contribution >= 0.6 is 0 Å². The molecule has 1 heterocycles. The van der Waals surface area contributed by atoms with Crippen LogP contribution in [0, 0.1) is 0 Å². The third kappa shape index (κ3) is 21.8. The topological polar surface area (TPSA) is 155 Å². The van der Waals surface area contributed by atoms with Crippen LogP contribution in [0.15, 0.2) is 0 Å². The first-order chi connectivity index (χ1) is 22.2. The van der Waals surface area contributed by atoms with Crippen LogP contribution in [0.1, 0.15) is 95.9 Å².